The highest BCUT2D eigenvalue weighted by Gasteiger charge is 2.32. The standard InChI is InChI=1S/C21H33F3N4O2/c1-4-25-20(27-17-6-7-18(30-5-2)19(14-17)29-3)26-11-8-16-9-12-28(13-10-16)15-21(22,23)24/h6-7,14,16H,4-5,8-13,15H2,1-3H3,(H2,25,26,27). The molecule has 0 aliphatic carbocycles. The van der Waals surface area contributed by atoms with Crippen LogP contribution in [-0.4, -0.2) is 63.5 Å². The van der Waals surface area contributed by atoms with Crippen LogP contribution in [0.25, 0.3) is 0 Å². The van der Waals surface area contributed by atoms with E-state index in [0.717, 1.165) is 31.5 Å². The van der Waals surface area contributed by atoms with Crippen LogP contribution in [-0.2, 0) is 0 Å². The molecule has 0 radical (unpaired) electrons. The van der Waals surface area contributed by atoms with E-state index in [0.29, 0.717) is 49.6 Å². The summed E-state index contributed by atoms with van der Waals surface area (Å²) in [6.07, 6.45) is -1.69. The van der Waals surface area contributed by atoms with Gasteiger partial charge in [0.25, 0.3) is 0 Å². The number of piperidine rings is 1. The molecule has 0 aromatic heterocycles. The minimum absolute atomic E-state index is 0.409. The molecule has 0 atom stereocenters. The topological polar surface area (TPSA) is 58.1 Å². The summed E-state index contributed by atoms with van der Waals surface area (Å²) in [6, 6.07) is 5.61. The Hall–Kier alpha value is -2.16. The van der Waals surface area contributed by atoms with Gasteiger partial charge in [0.1, 0.15) is 0 Å². The summed E-state index contributed by atoms with van der Waals surface area (Å²) in [6.45, 7) is 5.99. The first kappa shape index (κ1) is 24.1. The van der Waals surface area contributed by atoms with Crippen molar-refractivity contribution in [3.05, 3.63) is 18.2 Å². The second kappa shape index (κ2) is 11.9. The van der Waals surface area contributed by atoms with E-state index in [9.17, 15) is 13.2 Å². The van der Waals surface area contributed by atoms with Crippen LogP contribution in [0.1, 0.15) is 33.1 Å². The lowest BCUT2D eigenvalue weighted by Crippen LogP contribution is -2.40. The van der Waals surface area contributed by atoms with Crippen LogP contribution in [0.2, 0.25) is 0 Å². The van der Waals surface area contributed by atoms with Crippen molar-refractivity contribution in [3.63, 3.8) is 0 Å². The van der Waals surface area contributed by atoms with Gasteiger partial charge < -0.3 is 20.1 Å². The molecule has 1 aliphatic heterocycles. The number of guanidine groups is 1. The van der Waals surface area contributed by atoms with Crippen molar-refractivity contribution < 1.29 is 22.6 Å². The smallest absolute Gasteiger partial charge is 0.401 e. The SMILES string of the molecule is CCNC(=NCCC1CCN(CC(F)(F)F)CC1)Nc1ccc(OCC)c(OC)c1. The predicted octanol–water partition coefficient (Wildman–Crippen LogP) is 4.14. The van der Waals surface area contributed by atoms with Gasteiger partial charge in [0.15, 0.2) is 17.5 Å². The van der Waals surface area contributed by atoms with Crippen molar-refractivity contribution in [3.8, 4) is 11.5 Å². The molecular weight excluding hydrogens is 397 g/mol. The lowest BCUT2D eigenvalue weighted by atomic mass is 9.93. The van der Waals surface area contributed by atoms with Crippen LogP contribution in [0.3, 0.4) is 0 Å². The molecule has 1 aliphatic rings. The molecule has 1 saturated heterocycles. The highest BCUT2D eigenvalue weighted by Crippen LogP contribution is 2.30. The first-order valence-corrected chi connectivity index (χ1v) is 10.5. The zero-order valence-electron chi connectivity index (χ0n) is 18.0. The molecule has 6 nitrogen and oxygen atoms in total. The summed E-state index contributed by atoms with van der Waals surface area (Å²) in [5.41, 5.74) is 0.829. The summed E-state index contributed by atoms with van der Waals surface area (Å²) in [4.78, 5) is 6.12. The fourth-order valence-corrected chi connectivity index (χ4v) is 3.51. The largest absolute Gasteiger partial charge is 0.493 e. The number of hydrogen-bond acceptors (Lipinski definition) is 4. The van der Waals surface area contributed by atoms with E-state index in [4.69, 9.17) is 9.47 Å². The van der Waals surface area contributed by atoms with Gasteiger partial charge in [0, 0.05) is 24.8 Å². The fourth-order valence-electron chi connectivity index (χ4n) is 3.51. The molecule has 0 saturated carbocycles. The maximum atomic E-state index is 12.5. The average Bonchev–Trinajstić information content (AvgIpc) is 2.69. The van der Waals surface area contributed by atoms with Crippen molar-refractivity contribution in [2.45, 2.75) is 39.3 Å². The summed E-state index contributed by atoms with van der Waals surface area (Å²) in [5.74, 6) is 2.40. The van der Waals surface area contributed by atoms with Gasteiger partial charge in [-0.05, 0) is 64.3 Å². The van der Waals surface area contributed by atoms with Gasteiger partial charge >= 0.3 is 6.18 Å². The number of nitrogens with zero attached hydrogens (tertiary/aromatic N) is 2. The molecular formula is C21H33F3N4O2. The number of alkyl halides is 3. The molecule has 30 heavy (non-hydrogen) atoms. The Bertz CT molecular complexity index is 675. The molecule has 1 fully saturated rings. The zero-order chi connectivity index (χ0) is 22.0. The van der Waals surface area contributed by atoms with E-state index < -0.39 is 12.7 Å². The number of aliphatic imine (C=N–C) groups is 1. The van der Waals surface area contributed by atoms with Gasteiger partial charge in [-0.25, -0.2) is 0 Å². The van der Waals surface area contributed by atoms with Gasteiger partial charge in [0.05, 0.1) is 20.3 Å². The summed E-state index contributed by atoms with van der Waals surface area (Å²) in [7, 11) is 1.60. The predicted molar refractivity (Wildman–Crippen MR) is 114 cm³/mol. The minimum Gasteiger partial charge on any atom is -0.493 e. The number of anilines is 1. The van der Waals surface area contributed by atoms with Gasteiger partial charge in [0.2, 0.25) is 0 Å². The summed E-state index contributed by atoms with van der Waals surface area (Å²) in [5, 5.41) is 6.48. The number of methoxy groups -OCH3 is 1. The second-order valence-corrected chi connectivity index (χ2v) is 7.31. The van der Waals surface area contributed by atoms with E-state index in [1.807, 2.05) is 32.0 Å². The Morgan fingerprint density at radius 1 is 1.20 bits per heavy atom. The Kier molecular flexibility index (Phi) is 9.55. The Balaban J connectivity index is 1.86. The molecule has 9 heteroatoms. The molecule has 0 spiro atoms. The summed E-state index contributed by atoms with van der Waals surface area (Å²) < 4.78 is 48.4. The number of benzene rings is 1. The highest BCUT2D eigenvalue weighted by atomic mass is 19.4. The van der Waals surface area contributed by atoms with Crippen molar-refractivity contribution in [1.82, 2.24) is 10.2 Å². The van der Waals surface area contributed by atoms with Crippen molar-refractivity contribution in [2.75, 3.05) is 51.8 Å². The molecule has 0 unspecified atom stereocenters. The van der Waals surface area contributed by atoms with Crippen LogP contribution in [0, 0.1) is 5.92 Å². The van der Waals surface area contributed by atoms with Crippen molar-refractivity contribution >= 4 is 11.6 Å². The highest BCUT2D eigenvalue weighted by molar-refractivity contribution is 5.93. The van der Waals surface area contributed by atoms with E-state index >= 15 is 0 Å². The Labute approximate surface area is 176 Å². The monoisotopic (exact) mass is 430 g/mol. The lowest BCUT2D eigenvalue weighted by molar-refractivity contribution is -0.148. The maximum absolute atomic E-state index is 12.5. The van der Waals surface area contributed by atoms with E-state index in [-0.39, 0.29) is 0 Å². The summed E-state index contributed by atoms with van der Waals surface area (Å²) >= 11 is 0. The molecule has 2 N–H and O–H groups in total. The number of halogens is 3. The van der Waals surface area contributed by atoms with Crippen LogP contribution in [0.5, 0.6) is 11.5 Å². The van der Waals surface area contributed by atoms with Gasteiger partial charge in [-0.1, -0.05) is 0 Å². The van der Waals surface area contributed by atoms with E-state index in [1.54, 1.807) is 7.11 Å². The van der Waals surface area contributed by atoms with E-state index in [1.165, 1.54) is 4.90 Å². The average molecular weight is 431 g/mol. The Morgan fingerprint density at radius 3 is 2.53 bits per heavy atom. The minimum atomic E-state index is -4.12. The van der Waals surface area contributed by atoms with Crippen molar-refractivity contribution in [2.24, 2.45) is 10.9 Å². The van der Waals surface area contributed by atoms with Crippen LogP contribution < -0.4 is 20.1 Å². The van der Waals surface area contributed by atoms with Crippen LogP contribution in [0.15, 0.2) is 23.2 Å². The lowest BCUT2D eigenvalue weighted by Gasteiger charge is -2.32. The molecule has 2 rings (SSSR count). The number of hydrogen-bond donors (Lipinski definition) is 2. The number of nitrogens with one attached hydrogen (secondary N) is 2. The number of ether oxygens (including phenoxy) is 2. The molecule has 0 amide bonds. The van der Waals surface area contributed by atoms with Gasteiger partial charge in [-0.2, -0.15) is 13.2 Å². The zero-order valence-corrected chi connectivity index (χ0v) is 18.0. The molecule has 1 aromatic rings. The van der Waals surface area contributed by atoms with E-state index in [2.05, 4.69) is 15.6 Å². The third-order valence-corrected chi connectivity index (χ3v) is 4.99. The molecule has 170 valence electrons. The first-order valence-electron chi connectivity index (χ1n) is 10.5. The van der Waals surface area contributed by atoms with Gasteiger partial charge in [-0.15, -0.1) is 0 Å². The van der Waals surface area contributed by atoms with Gasteiger partial charge in [-0.3, -0.25) is 9.89 Å². The van der Waals surface area contributed by atoms with Crippen LogP contribution >= 0.6 is 0 Å². The second-order valence-electron chi connectivity index (χ2n) is 7.31. The number of rotatable bonds is 9. The van der Waals surface area contributed by atoms with Crippen LogP contribution in [0.4, 0.5) is 18.9 Å². The molecule has 1 aromatic carbocycles. The Morgan fingerprint density at radius 2 is 1.93 bits per heavy atom. The third kappa shape index (κ3) is 8.30. The first-order chi connectivity index (χ1) is 14.3. The van der Waals surface area contributed by atoms with Crippen molar-refractivity contribution in [1.29, 1.82) is 0 Å². The molecule has 0 bridgehead atoms. The number of likely N-dealkylation sites (tertiary alicyclic amines) is 1. The maximum Gasteiger partial charge on any atom is 0.401 e. The third-order valence-electron chi connectivity index (χ3n) is 4.99. The normalized spacial score (nSPS) is 16.4. The quantitative estimate of drug-likeness (QED) is 0.456. The fraction of sp³-hybridized carbons (Fsp3) is 0.667. The molecule has 1 heterocycles.